The standard InChI is InChI=1S/C19H20OS12/c1-21-14-15(22-2)28-11(27-14)7-9(12-29-16(23-3)17(24-4)30-12)10(8-20)13-31-18(25-5)19(26-6)32-13/h7-8H,1-6H3. The maximum atomic E-state index is 12.5. The normalized spacial score (nSPS) is 19.1. The van der Waals surface area contributed by atoms with E-state index >= 15 is 0 Å². The molecule has 0 spiro atoms. The molecule has 0 radical (unpaired) electrons. The molecule has 32 heavy (non-hydrogen) atoms. The molecule has 0 atom stereocenters. The molecule has 3 aliphatic rings. The molecule has 0 saturated heterocycles. The summed E-state index contributed by atoms with van der Waals surface area (Å²) in [5, 5.41) is 0. The van der Waals surface area contributed by atoms with Gasteiger partial charge in [0.1, 0.15) is 0 Å². The molecule has 0 N–H and O–H groups in total. The van der Waals surface area contributed by atoms with E-state index in [4.69, 9.17) is 0 Å². The van der Waals surface area contributed by atoms with E-state index in [2.05, 4.69) is 43.6 Å². The Kier molecular flexibility index (Phi) is 12.9. The number of allylic oxidation sites excluding steroid dienone is 3. The topological polar surface area (TPSA) is 17.1 Å². The molecule has 1 nitrogen and oxygen atoms in total. The van der Waals surface area contributed by atoms with Gasteiger partial charge in [0, 0.05) is 11.1 Å². The second-order valence-electron chi connectivity index (χ2n) is 5.55. The third-order valence-electron chi connectivity index (χ3n) is 3.85. The van der Waals surface area contributed by atoms with Crippen LogP contribution in [0.25, 0.3) is 0 Å². The van der Waals surface area contributed by atoms with Crippen LogP contribution in [0.1, 0.15) is 0 Å². The summed E-state index contributed by atoms with van der Waals surface area (Å²) in [6.45, 7) is 0. The van der Waals surface area contributed by atoms with Gasteiger partial charge in [0.2, 0.25) is 0 Å². The van der Waals surface area contributed by atoms with Gasteiger partial charge in [0.15, 0.2) is 6.29 Å². The smallest absolute Gasteiger partial charge is 0.152 e. The molecule has 0 aliphatic carbocycles. The lowest BCUT2D eigenvalue weighted by atomic mass is 10.1. The molecule has 3 aliphatic heterocycles. The van der Waals surface area contributed by atoms with Crippen molar-refractivity contribution in [1.82, 2.24) is 0 Å². The Morgan fingerprint density at radius 2 is 0.844 bits per heavy atom. The molecule has 3 heterocycles. The Balaban J connectivity index is 2.07. The second kappa shape index (κ2) is 14.3. The second-order valence-corrected chi connectivity index (χ2v) is 19.0. The highest BCUT2D eigenvalue weighted by molar-refractivity contribution is 8.42. The van der Waals surface area contributed by atoms with E-state index in [0.717, 1.165) is 21.7 Å². The van der Waals surface area contributed by atoms with Gasteiger partial charge in [-0.15, -0.1) is 70.6 Å². The Hall–Kier alpha value is 2.31. The predicted molar refractivity (Wildman–Crippen MR) is 176 cm³/mol. The van der Waals surface area contributed by atoms with E-state index in [1.807, 2.05) is 23.5 Å². The van der Waals surface area contributed by atoms with Crippen LogP contribution in [0.3, 0.4) is 0 Å². The maximum Gasteiger partial charge on any atom is 0.152 e. The molecular formula is C19H20OS12. The average molecular weight is 649 g/mol. The van der Waals surface area contributed by atoms with E-state index in [-0.39, 0.29) is 0 Å². The van der Waals surface area contributed by atoms with Crippen molar-refractivity contribution < 1.29 is 4.79 Å². The zero-order valence-electron chi connectivity index (χ0n) is 18.0. The van der Waals surface area contributed by atoms with Gasteiger partial charge in [0.25, 0.3) is 0 Å². The fraction of sp³-hybridized carbons (Fsp3) is 0.316. The summed E-state index contributed by atoms with van der Waals surface area (Å²) >= 11 is 21.4. The number of hydrogen-bond donors (Lipinski definition) is 0. The lowest BCUT2D eigenvalue weighted by molar-refractivity contribution is -0.104. The third kappa shape index (κ3) is 6.79. The molecular weight excluding hydrogens is 629 g/mol. The van der Waals surface area contributed by atoms with Crippen molar-refractivity contribution in [3.05, 3.63) is 55.4 Å². The van der Waals surface area contributed by atoms with Gasteiger partial charge in [0.05, 0.1) is 38.1 Å². The minimum Gasteiger partial charge on any atom is -0.298 e. The molecule has 0 amide bonds. The SMILES string of the molecule is CSC1=C(SC)SC(=CC(=C2SC(SC)=C(SC)S2)C(C=O)=C2SC(SC)=C(SC)S2)S1. The first kappa shape index (κ1) is 28.9. The van der Waals surface area contributed by atoms with E-state index in [1.165, 1.54) is 33.9 Å². The van der Waals surface area contributed by atoms with Crippen LogP contribution < -0.4 is 0 Å². The number of aldehydes is 1. The predicted octanol–water partition coefficient (Wildman–Crippen LogP) is 10.4. The van der Waals surface area contributed by atoms with Crippen LogP contribution in [0, 0.1) is 0 Å². The number of carbonyl (C=O) groups is 1. The van der Waals surface area contributed by atoms with Crippen LogP contribution in [0.4, 0.5) is 0 Å². The number of hydrogen-bond acceptors (Lipinski definition) is 13. The van der Waals surface area contributed by atoms with Gasteiger partial charge in [-0.25, -0.2) is 0 Å². The Bertz CT molecular complexity index is 915. The van der Waals surface area contributed by atoms with Crippen molar-refractivity contribution in [2.24, 2.45) is 0 Å². The molecule has 0 aromatic carbocycles. The highest BCUT2D eigenvalue weighted by atomic mass is 32.3. The summed E-state index contributed by atoms with van der Waals surface area (Å²) in [6.07, 6.45) is 16.1. The van der Waals surface area contributed by atoms with Crippen molar-refractivity contribution >= 4 is 147 Å². The van der Waals surface area contributed by atoms with E-state index < -0.39 is 0 Å². The Labute approximate surface area is 242 Å². The summed E-state index contributed by atoms with van der Waals surface area (Å²) in [6, 6.07) is 0. The van der Waals surface area contributed by atoms with Gasteiger partial charge in [-0.05, 0) is 43.6 Å². The fourth-order valence-electron chi connectivity index (χ4n) is 2.45. The molecule has 174 valence electrons. The van der Waals surface area contributed by atoms with Crippen LogP contribution in [0.15, 0.2) is 55.4 Å². The minimum absolute atomic E-state index is 0.811. The summed E-state index contributed by atoms with van der Waals surface area (Å²) in [4.78, 5) is 12.5. The first-order valence-corrected chi connectivity index (χ1v) is 21.0. The molecule has 13 heteroatoms. The largest absolute Gasteiger partial charge is 0.298 e. The van der Waals surface area contributed by atoms with Gasteiger partial charge < -0.3 is 0 Å². The molecule has 0 saturated carbocycles. The van der Waals surface area contributed by atoms with Crippen molar-refractivity contribution in [3.63, 3.8) is 0 Å². The van der Waals surface area contributed by atoms with Crippen LogP contribution >= 0.6 is 141 Å². The monoisotopic (exact) mass is 648 g/mol. The number of thioether (sulfide) groups is 12. The van der Waals surface area contributed by atoms with Crippen molar-refractivity contribution in [2.75, 3.05) is 37.5 Å². The summed E-state index contributed by atoms with van der Waals surface area (Å²) in [5.74, 6) is 0. The molecule has 0 unspecified atom stereocenters. The van der Waals surface area contributed by atoms with Gasteiger partial charge in [-0.1, -0.05) is 70.6 Å². The van der Waals surface area contributed by atoms with Crippen molar-refractivity contribution in [1.29, 1.82) is 0 Å². The van der Waals surface area contributed by atoms with Crippen LogP contribution in [-0.4, -0.2) is 43.8 Å². The Morgan fingerprint density at radius 1 is 0.531 bits per heavy atom. The molecule has 3 rings (SSSR count). The summed E-state index contributed by atoms with van der Waals surface area (Å²) in [5.41, 5.74) is 1.87. The van der Waals surface area contributed by atoms with E-state index in [0.29, 0.717) is 0 Å². The van der Waals surface area contributed by atoms with Gasteiger partial charge in [-0.2, -0.15) is 0 Å². The first-order valence-electron chi connectivity index (χ1n) is 8.73. The maximum absolute atomic E-state index is 12.5. The molecule has 0 aromatic heterocycles. The zero-order chi connectivity index (χ0) is 23.3. The zero-order valence-corrected chi connectivity index (χ0v) is 27.8. The highest BCUT2D eigenvalue weighted by Gasteiger charge is 2.30. The lowest BCUT2D eigenvalue weighted by Crippen LogP contribution is -1.94. The van der Waals surface area contributed by atoms with Crippen molar-refractivity contribution in [3.8, 4) is 0 Å². The quantitative estimate of drug-likeness (QED) is 0.174. The molecule has 0 bridgehead atoms. The van der Waals surface area contributed by atoms with E-state index in [1.54, 1.807) is 118 Å². The minimum atomic E-state index is 0.811. The number of carbonyl (C=O) groups excluding carboxylic acids is 1. The lowest BCUT2D eigenvalue weighted by Gasteiger charge is -2.11. The highest BCUT2D eigenvalue weighted by Crippen LogP contribution is 2.62. The van der Waals surface area contributed by atoms with Crippen LogP contribution in [0.2, 0.25) is 0 Å². The fourth-order valence-corrected chi connectivity index (χ4v) is 17.4. The Morgan fingerprint density at radius 3 is 1.16 bits per heavy atom. The van der Waals surface area contributed by atoms with E-state index in [9.17, 15) is 4.79 Å². The summed E-state index contributed by atoms with van der Waals surface area (Å²) < 4.78 is 11.4. The van der Waals surface area contributed by atoms with Crippen LogP contribution in [0.5, 0.6) is 0 Å². The van der Waals surface area contributed by atoms with Gasteiger partial charge >= 0.3 is 0 Å². The average Bonchev–Trinajstić information content (AvgIpc) is 3.54. The van der Waals surface area contributed by atoms with Gasteiger partial charge in [-0.3, -0.25) is 4.79 Å². The van der Waals surface area contributed by atoms with Crippen LogP contribution in [-0.2, 0) is 4.79 Å². The molecule has 0 aromatic rings. The third-order valence-corrected chi connectivity index (χ3v) is 19.4. The van der Waals surface area contributed by atoms with Crippen molar-refractivity contribution in [2.45, 2.75) is 0 Å². The molecule has 0 fully saturated rings. The first-order chi connectivity index (χ1) is 15.5. The number of rotatable bonds is 9. The summed E-state index contributed by atoms with van der Waals surface area (Å²) in [7, 11) is 0.